The average molecular weight is 248 g/mol. The molecule has 1 saturated heterocycles. The van der Waals surface area contributed by atoms with Crippen molar-refractivity contribution in [3.05, 3.63) is 0 Å². The fourth-order valence-electron chi connectivity index (χ4n) is 2.06. The predicted octanol–water partition coefficient (Wildman–Crippen LogP) is 1.19. The van der Waals surface area contributed by atoms with E-state index in [4.69, 9.17) is 0 Å². The van der Waals surface area contributed by atoms with Crippen molar-refractivity contribution >= 4 is 10.0 Å². The molecule has 1 atom stereocenters. The fraction of sp³-hybridized carbons (Fsp3) is 1.00. The minimum absolute atomic E-state index is 0.0853. The normalized spacial score (nSPS) is 27.2. The Labute approximate surface area is 99.5 Å². The minimum Gasteiger partial charge on any atom is -0.315 e. The quantitative estimate of drug-likeness (QED) is 0.760. The van der Waals surface area contributed by atoms with Gasteiger partial charge in [-0.05, 0) is 26.3 Å². The maximum Gasteiger partial charge on any atom is 0.214 e. The molecule has 1 N–H and O–H groups in total. The smallest absolute Gasteiger partial charge is 0.214 e. The molecule has 0 bridgehead atoms. The first kappa shape index (κ1) is 13.9. The van der Waals surface area contributed by atoms with E-state index in [1.807, 2.05) is 6.92 Å². The molecule has 5 heteroatoms. The van der Waals surface area contributed by atoms with Gasteiger partial charge in [-0.3, -0.25) is 0 Å². The third-order valence-corrected chi connectivity index (χ3v) is 5.09. The second-order valence-corrected chi connectivity index (χ2v) is 6.58. The van der Waals surface area contributed by atoms with Gasteiger partial charge in [-0.25, -0.2) is 8.42 Å². The van der Waals surface area contributed by atoms with Crippen LogP contribution in [0.25, 0.3) is 0 Å². The van der Waals surface area contributed by atoms with Crippen LogP contribution in [0, 0.1) is 0 Å². The molecule has 0 aliphatic carbocycles. The van der Waals surface area contributed by atoms with E-state index in [2.05, 4.69) is 12.2 Å². The van der Waals surface area contributed by atoms with E-state index in [1.165, 1.54) is 0 Å². The Balaban J connectivity index is 2.63. The number of nitrogens with zero attached hydrogens (tertiary/aromatic N) is 1. The Morgan fingerprint density at radius 2 is 2.12 bits per heavy atom. The lowest BCUT2D eigenvalue weighted by Gasteiger charge is -2.30. The average Bonchev–Trinajstić information content (AvgIpc) is 2.21. The number of hydrogen-bond acceptors (Lipinski definition) is 3. The number of unbranched alkanes of at least 4 members (excludes halogenated alkanes) is 2. The molecule has 1 rings (SSSR count). The van der Waals surface area contributed by atoms with Gasteiger partial charge in [0.2, 0.25) is 10.0 Å². The highest BCUT2D eigenvalue weighted by atomic mass is 32.2. The van der Waals surface area contributed by atoms with E-state index < -0.39 is 10.0 Å². The van der Waals surface area contributed by atoms with E-state index in [1.54, 1.807) is 4.31 Å². The van der Waals surface area contributed by atoms with E-state index in [0.29, 0.717) is 6.54 Å². The number of sulfonamides is 1. The number of nitrogens with one attached hydrogen (secondary N) is 1. The maximum atomic E-state index is 12.1. The predicted molar refractivity (Wildman–Crippen MR) is 67.0 cm³/mol. The maximum absolute atomic E-state index is 12.1. The molecule has 1 fully saturated rings. The molecule has 0 aromatic heterocycles. The first-order chi connectivity index (χ1) is 7.58. The van der Waals surface area contributed by atoms with Crippen LogP contribution in [0.1, 0.15) is 39.5 Å². The molecule has 1 aliphatic rings. The Hall–Kier alpha value is -0.130. The summed E-state index contributed by atoms with van der Waals surface area (Å²) in [7, 11) is -3.02. The van der Waals surface area contributed by atoms with Gasteiger partial charge in [0.25, 0.3) is 0 Å². The molecule has 1 unspecified atom stereocenters. The lowest BCUT2D eigenvalue weighted by atomic mass is 10.2. The van der Waals surface area contributed by atoms with Gasteiger partial charge in [-0.2, -0.15) is 4.31 Å². The van der Waals surface area contributed by atoms with Crippen LogP contribution in [-0.4, -0.2) is 44.2 Å². The van der Waals surface area contributed by atoms with Crippen molar-refractivity contribution in [3.8, 4) is 0 Å². The lowest BCUT2D eigenvalue weighted by molar-refractivity contribution is 0.312. The molecular formula is C11H24N2O2S. The highest BCUT2D eigenvalue weighted by Crippen LogP contribution is 2.12. The third-order valence-electron chi connectivity index (χ3n) is 3.03. The third kappa shape index (κ3) is 4.03. The molecule has 0 aromatic carbocycles. The molecule has 1 heterocycles. The van der Waals surface area contributed by atoms with Gasteiger partial charge in [0.15, 0.2) is 0 Å². The fourth-order valence-corrected chi connectivity index (χ4v) is 3.83. The Morgan fingerprint density at radius 1 is 1.38 bits per heavy atom. The largest absolute Gasteiger partial charge is 0.315 e. The summed E-state index contributed by atoms with van der Waals surface area (Å²) in [5.41, 5.74) is 0. The van der Waals surface area contributed by atoms with Crippen molar-refractivity contribution in [1.82, 2.24) is 9.62 Å². The SMILES string of the molecule is CCCCCN1C(C)CNCCCS1(=O)=O. The van der Waals surface area contributed by atoms with Crippen molar-refractivity contribution in [2.24, 2.45) is 0 Å². The number of hydrogen-bond donors (Lipinski definition) is 1. The van der Waals surface area contributed by atoms with Gasteiger partial charge in [0.05, 0.1) is 5.75 Å². The zero-order valence-electron chi connectivity index (χ0n) is 10.4. The highest BCUT2D eigenvalue weighted by molar-refractivity contribution is 7.89. The standard InChI is InChI=1S/C11H24N2O2S/c1-3-4-5-8-13-11(2)10-12-7-6-9-16(13,14)15/h11-12H,3-10H2,1-2H3. The summed E-state index contributed by atoms with van der Waals surface area (Å²) in [6.07, 6.45) is 3.92. The van der Waals surface area contributed by atoms with Gasteiger partial charge in [-0.1, -0.05) is 19.8 Å². The van der Waals surface area contributed by atoms with Crippen molar-refractivity contribution in [2.75, 3.05) is 25.4 Å². The van der Waals surface area contributed by atoms with Crippen molar-refractivity contribution in [2.45, 2.75) is 45.6 Å². The second kappa shape index (κ2) is 6.57. The van der Waals surface area contributed by atoms with Gasteiger partial charge in [-0.15, -0.1) is 0 Å². The Kier molecular flexibility index (Phi) is 5.72. The molecule has 0 saturated carbocycles. The van der Waals surface area contributed by atoms with Crippen molar-refractivity contribution < 1.29 is 8.42 Å². The van der Waals surface area contributed by atoms with Crippen LogP contribution in [0.2, 0.25) is 0 Å². The van der Waals surface area contributed by atoms with Crippen LogP contribution < -0.4 is 5.32 Å². The minimum atomic E-state index is -3.02. The van der Waals surface area contributed by atoms with E-state index >= 15 is 0 Å². The van der Waals surface area contributed by atoms with Crippen LogP contribution in [-0.2, 0) is 10.0 Å². The van der Waals surface area contributed by atoms with Crippen LogP contribution >= 0.6 is 0 Å². The second-order valence-electron chi connectivity index (χ2n) is 4.54. The van der Waals surface area contributed by atoms with E-state index in [-0.39, 0.29) is 11.8 Å². The molecule has 1 aliphatic heterocycles. The van der Waals surface area contributed by atoms with Gasteiger partial charge < -0.3 is 5.32 Å². The summed E-state index contributed by atoms with van der Waals surface area (Å²) in [5.74, 6) is 0.288. The van der Waals surface area contributed by atoms with Gasteiger partial charge in [0, 0.05) is 19.1 Å². The molecule has 4 nitrogen and oxygen atoms in total. The monoisotopic (exact) mass is 248 g/mol. The van der Waals surface area contributed by atoms with Crippen LogP contribution in [0.3, 0.4) is 0 Å². The van der Waals surface area contributed by atoms with Gasteiger partial charge in [0.1, 0.15) is 0 Å². The number of rotatable bonds is 4. The Bertz CT molecular complexity index is 290. The summed E-state index contributed by atoms with van der Waals surface area (Å²) in [6.45, 7) is 6.38. The summed E-state index contributed by atoms with van der Waals surface area (Å²) in [4.78, 5) is 0. The van der Waals surface area contributed by atoms with Gasteiger partial charge >= 0.3 is 0 Å². The first-order valence-electron chi connectivity index (χ1n) is 6.28. The lowest BCUT2D eigenvalue weighted by Crippen LogP contribution is -2.47. The molecule has 96 valence electrons. The molecule has 16 heavy (non-hydrogen) atoms. The molecule has 0 spiro atoms. The molecular weight excluding hydrogens is 224 g/mol. The van der Waals surface area contributed by atoms with Crippen LogP contribution in [0.15, 0.2) is 0 Å². The zero-order chi connectivity index (χ0) is 12.0. The summed E-state index contributed by atoms with van der Waals surface area (Å²) in [6, 6.07) is 0.0853. The molecule has 0 aromatic rings. The van der Waals surface area contributed by atoms with Crippen molar-refractivity contribution in [1.29, 1.82) is 0 Å². The Morgan fingerprint density at radius 3 is 2.81 bits per heavy atom. The summed E-state index contributed by atoms with van der Waals surface area (Å²) in [5, 5.41) is 3.29. The summed E-state index contributed by atoms with van der Waals surface area (Å²) >= 11 is 0. The van der Waals surface area contributed by atoms with Crippen LogP contribution in [0.5, 0.6) is 0 Å². The first-order valence-corrected chi connectivity index (χ1v) is 7.89. The topological polar surface area (TPSA) is 49.4 Å². The van der Waals surface area contributed by atoms with Crippen LogP contribution in [0.4, 0.5) is 0 Å². The summed E-state index contributed by atoms with van der Waals surface area (Å²) < 4.78 is 25.8. The van der Waals surface area contributed by atoms with E-state index in [0.717, 1.165) is 38.8 Å². The van der Waals surface area contributed by atoms with Crippen molar-refractivity contribution in [3.63, 3.8) is 0 Å². The highest BCUT2D eigenvalue weighted by Gasteiger charge is 2.27. The molecule has 0 radical (unpaired) electrons. The molecule has 0 amide bonds. The van der Waals surface area contributed by atoms with E-state index in [9.17, 15) is 8.42 Å². The zero-order valence-corrected chi connectivity index (χ0v) is 11.2.